The Labute approximate surface area is 157 Å². The van der Waals surface area contributed by atoms with Crippen LogP contribution in [0.5, 0.6) is 5.75 Å². The van der Waals surface area contributed by atoms with Gasteiger partial charge in [-0.05, 0) is 35.4 Å². The summed E-state index contributed by atoms with van der Waals surface area (Å²) in [6.07, 6.45) is 12.3. The molecule has 4 rings (SSSR count). The summed E-state index contributed by atoms with van der Waals surface area (Å²) < 4.78 is 6.09. The molecule has 0 bridgehead atoms. The van der Waals surface area contributed by atoms with Crippen LogP contribution in [0.25, 0.3) is 17.3 Å². The molecule has 2 aromatic heterocycles. The first-order chi connectivity index (χ1) is 13.3. The number of carbonyl (C=O) groups excluding carboxylic acids is 1. The minimum atomic E-state index is -0.152. The minimum Gasteiger partial charge on any atom is -0.487 e. The number of aromatic nitrogens is 3. The molecule has 0 aliphatic carbocycles. The van der Waals surface area contributed by atoms with E-state index in [4.69, 9.17) is 4.74 Å². The van der Waals surface area contributed by atoms with E-state index in [2.05, 4.69) is 20.3 Å². The number of para-hydroxylation sites is 1. The summed E-state index contributed by atoms with van der Waals surface area (Å²) in [6.45, 7) is 0.439. The topological polar surface area (TPSA) is 77.0 Å². The van der Waals surface area contributed by atoms with Gasteiger partial charge in [-0.15, -0.1) is 0 Å². The van der Waals surface area contributed by atoms with Gasteiger partial charge in [0.2, 0.25) is 5.91 Å². The van der Waals surface area contributed by atoms with Crippen molar-refractivity contribution in [3.8, 4) is 17.0 Å². The molecule has 0 radical (unpaired) electrons. The van der Waals surface area contributed by atoms with Gasteiger partial charge in [0.05, 0.1) is 18.4 Å². The fourth-order valence-electron chi connectivity index (χ4n) is 3.01. The fraction of sp³-hybridized carbons (Fsp3) is 0.143. The molecule has 27 heavy (non-hydrogen) atoms. The van der Waals surface area contributed by atoms with Crippen LogP contribution in [0, 0.1) is 0 Å². The smallest absolute Gasteiger partial charge is 0.244 e. The second kappa shape index (κ2) is 7.78. The van der Waals surface area contributed by atoms with Crippen LogP contribution < -0.4 is 10.1 Å². The van der Waals surface area contributed by atoms with E-state index in [9.17, 15) is 4.79 Å². The van der Waals surface area contributed by atoms with Gasteiger partial charge in [0.15, 0.2) is 0 Å². The molecule has 3 heterocycles. The second-order valence-corrected chi connectivity index (χ2v) is 6.19. The zero-order valence-corrected chi connectivity index (χ0v) is 14.6. The van der Waals surface area contributed by atoms with Crippen LogP contribution in [0.2, 0.25) is 0 Å². The molecule has 3 aromatic rings. The molecule has 134 valence electrons. The lowest BCUT2D eigenvalue weighted by atomic mass is 10.0. The molecular weight excluding hydrogens is 340 g/mol. The number of hydrogen-bond acceptors (Lipinski definition) is 5. The van der Waals surface area contributed by atoms with Crippen molar-refractivity contribution in [2.24, 2.45) is 0 Å². The van der Waals surface area contributed by atoms with Crippen molar-refractivity contribution in [1.29, 1.82) is 0 Å². The standard InChI is InChI=1S/C21H18N4O2/c26-20(5-4-15-6-8-22-9-7-15)25-13-17-12-16-2-1-3-18(21(16)27-17)19-14-23-10-11-24-19/h1-11,14,17H,12-13H2,(H,25,26)/b5-4+. The van der Waals surface area contributed by atoms with Crippen molar-refractivity contribution in [2.75, 3.05) is 6.54 Å². The van der Waals surface area contributed by atoms with Crippen molar-refractivity contribution in [1.82, 2.24) is 20.3 Å². The SMILES string of the molecule is O=C(/C=C/c1ccncc1)NCC1Cc2cccc(-c3cnccn3)c2O1. The van der Waals surface area contributed by atoms with E-state index in [-0.39, 0.29) is 12.0 Å². The van der Waals surface area contributed by atoms with Gasteiger partial charge in [-0.2, -0.15) is 0 Å². The summed E-state index contributed by atoms with van der Waals surface area (Å²) >= 11 is 0. The van der Waals surface area contributed by atoms with Gasteiger partial charge >= 0.3 is 0 Å². The predicted molar refractivity (Wildman–Crippen MR) is 102 cm³/mol. The molecule has 1 amide bonds. The highest BCUT2D eigenvalue weighted by molar-refractivity contribution is 5.91. The normalized spacial score (nSPS) is 15.3. The highest BCUT2D eigenvalue weighted by Crippen LogP contribution is 2.37. The third-order valence-corrected chi connectivity index (χ3v) is 4.31. The van der Waals surface area contributed by atoms with Crippen LogP contribution in [0.3, 0.4) is 0 Å². The molecule has 0 spiro atoms. The molecule has 6 heteroatoms. The first-order valence-electron chi connectivity index (χ1n) is 8.70. The van der Waals surface area contributed by atoms with Gasteiger partial charge in [-0.3, -0.25) is 19.7 Å². The fourth-order valence-corrected chi connectivity index (χ4v) is 3.01. The maximum absolute atomic E-state index is 12.0. The lowest BCUT2D eigenvalue weighted by Crippen LogP contribution is -2.33. The summed E-state index contributed by atoms with van der Waals surface area (Å²) in [5, 5.41) is 2.89. The lowest BCUT2D eigenvalue weighted by Gasteiger charge is -2.12. The maximum Gasteiger partial charge on any atom is 0.244 e. The summed E-state index contributed by atoms with van der Waals surface area (Å²) in [6, 6.07) is 9.69. The number of amides is 1. The Morgan fingerprint density at radius 2 is 2.04 bits per heavy atom. The number of pyridine rings is 1. The van der Waals surface area contributed by atoms with Gasteiger partial charge in [-0.1, -0.05) is 12.1 Å². The molecule has 0 fully saturated rings. The van der Waals surface area contributed by atoms with E-state index in [1.54, 1.807) is 37.1 Å². The molecule has 1 N–H and O–H groups in total. The van der Waals surface area contributed by atoms with E-state index in [0.717, 1.165) is 34.6 Å². The number of ether oxygens (including phenoxy) is 1. The highest BCUT2D eigenvalue weighted by Gasteiger charge is 2.26. The Hall–Kier alpha value is -3.54. The molecule has 1 aliphatic heterocycles. The minimum absolute atomic E-state index is 0.101. The van der Waals surface area contributed by atoms with Crippen molar-refractivity contribution in [3.05, 3.63) is 78.5 Å². The predicted octanol–water partition coefficient (Wildman–Crippen LogP) is 2.67. The van der Waals surface area contributed by atoms with E-state index >= 15 is 0 Å². The third-order valence-electron chi connectivity index (χ3n) is 4.31. The molecule has 0 saturated heterocycles. The summed E-state index contributed by atoms with van der Waals surface area (Å²) in [5.41, 5.74) is 3.74. The number of nitrogens with zero attached hydrogens (tertiary/aromatic N) is 3. The molecule has 1 aliphatic rings. The average molecular weight is 358 g/mol. The Bertz CT molecular complexity index is 958. The monoisotopic (exact) mass is 358 g/mol. The summed E-state index contributed by atoms with van der Waals surface area (Å²) in [5.74, 6) is 0.671. The first kappa shape index (κ1) is 16.9. The van der Waals surface area contributed by atoms with Crippen LogP contribution in [-0.2, 0) is 11.2 Å². The van der Waals surface area contributed by atoms with Crippen LogP contribution in [0.1, 0.15) is 11.1 Å². The van der Waals surface area contributed by atoms with Gasteiger partial charge in [0, 0.05) is 42.8 Å². The number of nitrogens with one attached hydrogen (secondary N) is 1. The molecule has 1 unspecified atom stereocenters. The van der Waals surface area contributed by atoms with Crippen molar-refractivity contribution < 1.29 is 9.53 Å². The molecule has 0 saturated carbocycles. The Morgan fingerprint density at radius 3 is 2.85 bits per heavy atom. The highest BCUT2D eigenvalue weighted by atomic mass is 16.5. The van der Waals surface area contributed by atoms with Gasteiger partial charge < -0.3 is 10.1 Å². The van der Waals surface area contributed by atoms with E-state index in [1.807, 2.05) is 30.3 Å². The number of fused-ring (bicyclic) bond motifs is 1. The number of hydrogen-bond donors (Lipinski definition) is 1. The lowest BCUT2D eigenvalue weighted by molar-refractivity contribution is -0.116. The van der Waals surface area contributed by atoms with E-state index in [0.29, 0.717) is 6.54 Å². The van der Waals surface area contributed by atoms with Crippen LogP contribution in [0.15, 0.2) is 67.4 Å². The van der Waals surface area contributed by atoms with Crippen LogP contribution in [-0.4, -0.2) is 33.5 Å². The average Bonchev–Trinajstić information content (AvgIpc) is 3.15. The van der Waals surface area contributed by atoms with Gasteiger partial charge in [0.1, 0.15) is 11.9 Å². The Balaban J connectivity index is 1.38. The third kappa shape index (κ3) is 4.00. The van der Waals surface area contributed by atoms with Crippen LogP contribution >= 0.6 is 0 Å². The number of rotatable bonds is 5. The number of carbonyl (C=O) groups is 1. The first-order valence-corrected chi connectivity index (χ1v) is 8.70. The number of benzene rings is 1. The zero-order chi connectivity index (χ0) is 18.5. The quantitative estimate of drug-likeness (QED) is 0.710. The molecular formula is C21H18N4O2. The van der Waals surface area contributed by atoms with Crippen LogP contribution in [0.4, 0.5) is 0 Å². The van der Waals surface area contributed by atoms with Crippen molar-refractivity contribution in [3.63, 3.8) is 0 Å². The zero-order valence-electron chi connectivity index (χ0n) is 14.6. The Morgan fingerprint density at radius 1 is 1.15 bits per heavy atom. The summed E-state index contributed by atoms with van der Waals surface area (Å²) in [7, 11) is 0. The van der Waals surface area contributed by atoms with E-state index in [1.165, 1.54) is 6.08 Å². The van der Waals surface area contributed by atoms with E-state index < -0.39 is 0 Å². The second-order valence-electron chi connectivity index (χ2n) is 6.19. The van der Waals surface area contributed by atoms with Gasteiger partial charge in [-0.25, -0.2) is 0 Å². The van der Waals surface area contributed by atoms with Crippen molar-refractivity contribution in [2.45, 2.75) is 12.5 Å². The molecule has 1 atom stereocenters. The molecule has 6 nitrogen and oxygen atoms in total. The van der Waals surface area contributed by atoms with Gasteiger partial charge in [0.25, 0.3) is 0 Å². The Kier molecular flexibility index (Phi) is 4.87. The largest absolute Gasteiger partial charge is 0.487 e. The summed E-state index contributed by atoms with van der Waals surface area (Å²) in [4.78, 5) is 24.5. The molecule has 1 aromatic carbocycles. The maximum atomic E-state index is 12.0. The van der Waals surface area contributed by atoms with Crippen molar-refractivity contribution >= 4 is 12.0 Å².